The van der Waals surface area contributed by atoms with E-state index >= 15 is 0 Å². The van der Waals surface area contributed by atoms with E-state index in [4.69, 9.17) is 11.6 Å². The number of aryl methyl sites for hydroxylation is 2. The number of anilines is 1. The average molecular weight is 422 g/mol. The molecule has 1 N–H and O–H groups in total. The normalized spacial score (nSPS) is 10.9. The SMILES string of the molecule is Cc1nn(C)cc1-c1cc(C(=O)Nc2ccc(Cl)cc2[N+](=O)[O-])c2ccccc2n1. The van der Waals surface area contributed by atoms with Gasteiger partial charge in [-0.25, -0.2) is 4.98 Å². The molecule has 2 aromatic heterocycles. The van der Waals surface area contributed by atoms with Crippen LogP contribution in [-0.4, -0.2) is 25.6 Å². The van der Waals surface area contributed by atoms with Crippen LogP contribution in [0.5, 0.6) is 0 Å². The summed E-state index contributed by atoms with van der Waals surface area (Å²) in [5.41, 5.74) is 2.94. The summed E-state index contributed by atoms with van der Waals surface area (Å²) in [5.74, 6) is -0.484. The van der Waals surface area contributed by atoms with Crippen LogP contribution in [-0.2, 0) is 7.05 Å². The summed E-state index contributed by atoms with van der Waals surface area (Å²) in [6, 6.07) is 13.0. The van der Waals surface area contributed by atoms with Crippen molar-refractivity contribution in [3.05, 3.63) is 81.1 Å². The first-order chi connectivity index (χ1) is 14.3. The summed E-state index contributed by atoms with van der Waals surface area (Å²) >= 11 is 5.86. The fourth-order valence-corrected chi connectivity index (χ4v) is 3.47. The quantitative estimate of drug-likeness (QED) is 0.378. The van der Waals surface area contributed by atoms with Crippen molar-refractivity contribution in [2.45, 2.75) is 6.92 Å². The van der Waals surface area contributed by atoms with E-state index in [2.05, 4.69) is 15.4 Å². The molecule has 2 aromatic carbocycles. The van der Waals surface area contributed by atoms with Gasteiger partial charge in [-0.1, -0.05) is 29.8 Å². The number of nitro benzene ring substituents is 1. The third-order valence-electron chi connectivity index (χ3n) is 4.65. The second kappa shape index (κ2) is 7.57. The number of hydrogen-bond donors (Lipinski definition) is 1. The first-order valence-electron chi connectivity index (χ1n) is 8.99. The molecule has 0 saturated carbocycles. The van der Waals surface area contributed by atoms with Crippen molar-refractivity contribution in [3.63, 3.8) is 0 Å². The topological polar surface area (TPSA) is 103 Å². The van der Waals surface area contributed by atoms with Crippen LogP contribution in [0.2, 0.25) is 5.02 Å². The zero-order chi connectivity index (χ0) is 21.4. The van der Waals surface area contributed by atoms with Crippen LogP contribution in [0.3, 0.4) is 0 Å². The molecule has 0 aliphatic heterocycles. The molecule has 9 heteroatoms. The third kappa shape index (κ3) is 3.60. The molecule has 0 bridgehead atoms. The van der Waals surface area contributed by atoms with Crippen LogP contribution in [0.25, 0.3) is 22.2 Å². The van der Waals surface area contributed by atoms with Gasteiger partial charge < -0.3 is 5.32 Å². The zero-order valence-electron chi connectivity index (χ0n) is 16.1. The summed E-state index contributed by atoms with van der Waals surface area (Å²) < 4.78 is 1.68. The molecule has 150 valence electrons. The number of benzene rings is 2. The Morgan fingerprint density at radius 3 is 2.67 bits per heavy atom. The van der Waals surface area contributed by atoms with E-state index in [-0.39, 0.29) is 16.4 Å². The van der Waals surface area contributed by atoms with Gasteiger partial charge in [-0.15, -0.1) is 0 Å². The Morgan fingerprint density at radius 1 is 1.20 bits per heavy atom. The Labute approximate surface area is 176 Å². The Hall–Kier alpha value is -3.78. The molecule has 0 unspecified atom stereocenters. The summed E-state index contributed by atoms with van der Waals surface area (Å²) in [6.07, 6.45) is 1.83. The molecular weight excluding hydrogens is 406 g/mol. The minimum absolute atomic E-state index is 0.0643. The van der Waals surface area contributed by atoms with Gasteiger partial charge in [0.1, 0.15) is 5.69 Å². The number of para-hydroxylation sites is 1. The lowest BCUT2D eigenvalue weighted by molar-refractivity contribution is -0.383. The van der Waals surface area contributed by atoms with Gasteiger partial charge in [0.25, 0.3) is 11.6 Å². The maximum atomic E-state index is 13.1. The van der Waals surface area contributed by atoms with Crippen molar-refractivity contribution in [2.24, 2.45) is 7.05 Å². The van der Waals surface area contributed by atoms with Gasteiger partial charge in [0.2, 0.25) is 0 Å². The fourth-order valence-electron chi connectivity index (χ4n) is 3.30. The predicted octanol–water partition coefficient (Wildman–Crippen LogP) is 4.76. The highest BCUT2D eigenvalue weighted by molar-refractivity contribution is 6.31. The molecular formula is C21H16ClN5O3. The van der Waals surface area contributed by atoms with E-state index in [1.165, 1.54) is 18.2 Å². The number of pyridine rings is 1. The van der Waals surface area contributed by atoms with Gasteiger partial charge in [-0.3, -0.25) is 19.6 Å². The molecule has 0 saturated heterocycles. The highest BCUT2D eigenvalue weighted by Crippen LogP contribution is 2.30. The van der Waals surface area contributed by atoms with Crippen LogP contribution in [0.15, 0.2) is 54.7 Å². The van der Waals surface area contributed by atoms with E-state index in [1.807, 2.05) is 32.3 Å². The molecule has 0 atom stereocenters. The van der Waals surface area contributed by atoms with Crippen molar-refractivity contribution in [1.82, 2.24) is 14.8 Å². The van der Waals surface area contributed by atoms with E-state index in [9.17, 15) is 14.9 Å². The smallest absolute Gasteiger partial charge is 0.294 e. The van der Waals surface area contributed by atoms with Crippen LogP contribution >= 0.6 is 11.6 Å². The van der Waals surface area contributed by atoms with E-state index < -0.39 is 10.8 Å². The number of nitro groups is 1. The second-order valence-corrected chi connectivity index (χ2v) is 7.18. The second-order valence-electron chi connectivity index (χ2n) is 6.75. The monoisotopic (exact) mass is 421 g/mol. The highest BCUT2D eigenvalue weighted by atomic mass is 35.5. The first-order valence-corrected chi connectivity index (χ1v) is 9.37. The largest absolute Gasteiger partial charge is 0.316 e. The van der Waals surface area contributed by atoms with Gasteiger partial charge in [-0.05, 0) is 31.2 Å². The Balaban J connectivity index is 1.83. The Kier molecular flexibility index (Phi) is 4.93. The third-order valence-corrected chi connectivity index (χ3v) is 4.89. The molecule has 0 aliphatic rings. The van der Waals surface area contributed by atoms with Crippen LogP contribution in [0.4, 0.5) is 11.4 Å². The van der Waals surface area contributed by atoms with Gasteiger partial charge in [-0.2, -0.15) is 5.10 Å². The average Bonchev–Trinajstić information content (AvgIpc) is 3.06. The van der Waals surface area contributed by atoms with Crippen molar-refractivity contribution >= 4 is 39.8 Å². The Morgan fingerprint density at radius 2 is 1.97 bits per heavy atom. The van der Waals surface area contributed by atoms with Gasteiger partial charge in [0, 0.05) is 35.3 Å². The van der Waals surface area contributed by atoms with Crippen LogP contribution in [0.1, 0.15) is 16.1 Å². The number of fused-ring (bicyclic) bond motifs is 1. The molecule has 4 rings (SSSR count). The maximum absolute atomic E-state index is 13.1. The summed E-state index contributed by atoms with van der Waals surface area (Å²) in [7, 11) is 1.81. The number of aromatic nitrogens is 3. The van der Waals surface area contributed by atoms with E-state index in [0.29, 0.717) is 22.2 Å². The van der Waals surface area contributed by atoms with Gasteiger partial charge in [0.15, 0.2) is 0 Å². The summed E-state index contributed by atoms with van der Waals surface area (Å²) in [4.78, 5) is 28.6. The molecule has 0 radical (unpaired) electrons. The lowest BCUT2D eigenvalue weighted by atomic mass is 10.0. The molecule has 1 amide bonds. The molecule has 30 heavy (non-hydrogen) atoms. The van der Waals surface area contributed by atoms with Gasteiger partial charge in [0.05, 0.1) is 27.4 Å². The molecule has 0 aliphatic carbocycles. The van der Waals surface area contributed by atoms with Crippen molar-refractivity contribution in [3.8, 4) is 11.3 Å². The molecule has 0 spiro atoms. The fraction of sp³-hybridized carbons (Fsp3) is 0.0952. The predicted molar refractivity (Wildman–Crippen MR) is 115 cm³/mol. The number of carbonyl (C=O) groups is 1. The van der Waals surface area contributed by atoms with Gasteiger partial charge >= 0.3 is 0 Å². The molecule has 2 heterocycles. The van der Waals surface area contributed by atoms with E-state index in [1.54, 1.807) is 22.9 Å². The minimum atomic E-state index is -0.587. The van der Waals surface area contributed by atoms with Crippen molar-refractivity contribution < 1.29 is 9.72 Å². The van der Waals surface area contributed by atoms with Crippen LogP contribution in [0, 0.1) is 17.0 Å². The Bertz CT molecular complexity index is 1320. The lowest BCUT2D eigenvalue weighted by Gasteiger charge is -2.11. The lowest BCUT2D eigenvalue weighted by Crippen LogP contribution is -2.14. The highest BCUT2D eigenvalue weighted by Gasteiger charge is 2.20. The first kappa shape index (κ1) is 19.5. The number of nitrogens with zero attached hydrogens (tertiary/aromatic N) is 4. The van der Waals surface area contributed by atoms with Crippen molar-refractivity contribution in [2.75, 3.05) is 5.32 Å². The number of halogens is 1. The summed E-state index contributed by atoms with van der Waals surface area (Å²) in [5, 5.41) is 19.2. The number of hydrogen-bond acceptors (Lipinski definition) is 5. The minimum Gasteiger partial charge on any atom is -0.316 e. The van der Waals surface area contributed by atoms with Crippen molar-refractivity contribution in [1.29, 1.82) is 0 Å². The number of rotatable bonds is 4. The van der Waals surface area contributed by atoms with E-state index in [0.717, 1.165) is 11.3 Å². The maximum Gasteiger partial charge on any atom is 0.294 e. The van der Waals surface area contributed by atoms with Crippen LogP contribution < -0.4 is 5.32 Å². The number of nitrogens with one attached hydrogen (secondary N) is 1. The summed E-state index contributed by atoms with van der Waals surface area (Å²) in [6.45, 7) is 1.86. The number of carbonyl (C=O) groups excluding carboxylic acids is 1. The zero-order valence-corrected chi connectivity index (χ0v) is 16.8. The number of amides is 1. The molecule has 0 fully saturated rings. The molecule has 4 aromatic rings. The standard InChI is InChI=1S/C21H16ClN5O3/c1-12-16(11-26(2)25-12)19-10-15(14-5-3-4-6-17(14)23-19)21(28)24-18-8-7-13(22)9-20(18)27(29)30/h3-11H,1-2H3,(H,24,28). The molecule has 8 nitrogen and oxygen atoms in total.